The van der Waals surface area contributed by atoms with Gasteiger partial charge in [0.05, 0.1) is 11.9 Å². The summed E-state index contributed by atoms with van der Waals surface area (Å²) in [5, 5.41) is 6.70. The van der Waals surface area contributed by atoms with Crippen LogP contribution in [0.3, 0.4) is 0 Å². The molecule has 1 atom stereocenters. The summed E-state index contributed by atoms with van der Waals surface area (Å²) in [7, 11) is -2.94. The van der Waals surface area contributed by atoms with Gasteiger partial charge >= 0.3 is 0 Å². The van der Waals surface area contributed by atoms with Gasteiger partial charge in [0, 0.05) is 32.5 Å². The van der Waals surface area contributed by atoms with Crippen LogP contribution in [0.15, 0.2) is 4.99 Å². The molecule has 0 aromatic heterocycles. The van der Waals surface area contributed by atoms with Crippen molar-refractivity contribution in [2.45, 2.75) is 72.3 Å². The van der Waals surface area contributed by atoms with Crippen molar-refractivity contribution in [1.82, 2.24) is 10.6 Å². The lowest BCUT2D eigenvalue weighted by Gasteiger charge is -2.25. The third-order valence-electron chi connectivity index (χ3n) is 5.19. The van der Waals surface area contributed by atoms with Crippen LogP contribution in [0.25, 0.3) is 0 Å². The summed E-state index contributed by atoms with van der Waals surface area (Å²) in [6.07, 6.45) is 8.45. The SMILES string of the molecule is CCNC(=NCC(C)(C)CCS(C)(=O)=O)NCCC(OCC)C1CCCC1. The highest BCUT2D eigenvalue weighted by Gasteiger charge is 2.25. The summed E-state index contributed by atoms with van der Waals surface area (Å²) in [5.74, 6) is 1.70. The Morgan fingerprint density at radius 2 is 1.89 bits per heavy atom. The first kappa shape index (κ1) is 24.2. The van der Waals surface area contributed by atoms with E-state index < -0.39 is 9.84 Å². The second kappa shape index (κ2) is 11.9. The minimum atomic E-state index is -2.94. The molecule has 0 aliphatic heterocycles. The summed E-state index contributed by atoms with van der Waals surface area (Å²) < 4.78 is 28.8. The smallest absolute Gasteiger partial charge is 0.191 e. The van der Waals surface area contributed by atoms with Gasteiger partial charge in [0.15, 0.2) is 5.96 Å². The van der Waals surface area contributed by atoms with Gasteiger partial charge in [-0.25, -0.2) is 8.42 Å². The molecule has 1 aliphatic carbocycles. The van der Waals surface area contributed by atoms with Gasteiger partial charge < -0.3 is 15.4 Å². The lowest BCUT2D eigenvalue weighted by Crippen LogP contribution is -2.40. The number of hydrogen-bond acceptors (Lipinski definition) is 4. The number of guanidine groups is 1. The van der Waals surface area contributed by atoms with E-state index in [9.17, 15) is 8.42 Å². The first-order valence-electron chi connectivity index (χ1n) is 10.5. The number of nitrogens with one attached hydrogen (secondary N) is 2. The van der Waals surface area contributed by atoms with Crippen LogP contribution in [0.5, 0.6) is 0 Å². The summed E-state index contributed by atoms with van der Waals surface area (Å²) in [5.41, 5.74) is -0.150. The third kappa shape index (κ3) is 10.9. The summed E-state index contributed by atoms with van der Waals surface area (Å²) in [6, 6.07) is 0. The molecular formula is C20H41N3O3S. The summed E-state index contributed by atoms with van der Waals surface area (Å²) in [6.45, 7) is 11.2. The van der Waals surface area contributed by atoms with E-state index in [2.05, 4.69) is 36.4 Å². The lowest BCUT2D eigenvalue weighted by atomic mass is 9.90. The molecule has 27 heavy (non-hydrogen) atoms. The van der Waals surface area contributed by atoms with Gasteiger partial charge in [-0.3, -0.25) is 4.99 Å². The Morgan fingerprint density at radius 1 is 1.22 bits per heavy atom. The molecule has 1 saturated carbocycles. The Morgan fingerprint density at radius 3 is 2.44 bits per heavy atom. The van der Waals surface area contributed by atoms with Gasteiger partial charge in [-0.05, 0) is 50.9 Å². The lowest BCUT2D eigenvalue weighted by molar-refractivity contribution is 0.0169. The maximum absolute atomic E-state index is 11.4. The molecule has 7 heteroatoms. The molecule has 1 rings (SSSR count). The van der Waals surface area contributed by atoms with Crippen molar-refractivity contribution in [3.63, 3.8) is 0 Å². The van der Waals surface area contributed by atoms with Gasteiger partial charge in [0.1, 0.15) is 9.84 Å². The number of hydrogen-bond donors (Lipinski definition) is 2. The van der Waals surface area contributed by atoms with Crippen molar-refractivity contribution in [2.24, 2.45) is 16.3 Å². The molecule has 0 amide bonds. The Hall–Kier alpha value is -0.820. The predicted octanol–water partition coefficient (Wildman–Crippen LogP) is 2.99. The van der Waals surface area contributed by atoms with Crippen LogP contribution in [0.2, 0.25) is 0 Å². The molecule has 2 N–H and O–H groups in total. The Balaban J connectivity index is 2.52. The van der Waals surface area contributed by atoms with Crippen molar-refractivity contribution < 1.29 is 13.2 Å². The standard InChI is InChI=1S/C20H41N3O3S/c1-6-21-19(23-16-20(3,4)13-15-27(5,24)25)22-14-12-18(26-7-2)17-10-8-9-11-17/h17-18H,6-16H2,1-5H3,(H2,21,22,23). The fourth-order valence-corrected chi connectivity index (χ4v) is 4.43. The maximum Gasteiger partial charge on any atom is 0.191 e. The van der Waals surface area contributed by atoms with E-state index in [-0.39, 0.29) is 11.2 Å². The number of aliphatic imine (C=N–C) groups is 1. The molecule has 0 saturated heterocycles. The fourth-order valence-electron chi connectivity index (χ4n) is 3.51. The van der Waals surface area contributed by atoms with Crippen LogP contribution in [-0.4, -0.2) is 58.7 Å². The van der Waals surface area contributed by atoms with E-state index in [1.165, 1.54) is 31.9 Å². The quantitative estimate of drug-likeness (QED) is 0.387. The highest BCUT2D eigenvalue weighted by atomic mass is 32.2. The van der Waals surface area contributed by atoms with E-state index in [1.807, 2.05) is 6.92 Å². The minimum absolute atomic E-state index is 0.150. The zero-order chi connectivity index (χ0) is 20.3. The molecule has 0 aromatic carbocycles. The average molecular weight is 404 g/mol. The first-order valence-corrected chi connectivity index (χ1v) is 12.5. The number of ether oxygens (including phenoxy) is 1. The van der Waals surface area contributed by atoms with Gasteiger partial charge in [-0.1, -0.05) is 26.7 Å². The molecule has 160 valence electrons. The van der Waals surface area contributed by atoms with E-state index in [1.54, 1.807) is 0 Å². The van der Waals surface area contributed by atoms with Crippen LogP contribution >= 0.6 is 0 Å². The number of rotatable bonds is 12. The second-order valence-electron chi connectivity index (χ2n) is 8.49. The van der Waals surface area contributed by atoms with E-state index in [0.29, 0.717) is 25.0 Å². The fraction of sp³-hybridized carbons (Fsp3) is 0.950. The summed E-state index contributed by atoms with van der Waals surface area (Å²) >= 11 is 0. The Bertz CT molecular complexity index is 541. The third-order valence-corrected chi connectivity index (χ3v) is 6.13. The van der Waals surface area contributed by atoms with Crippen LogP contribution < -0.4 is 10.6 Å². The molecule has 1 unspecified atom stereocenters. The predicted molar refractivity (Wildman–Crippen MR) is 114 cm³/mol. The summed E-state index contributed by atoms with van der Waals surface area (Å²) in [4.78, 5) is 4.68. The number of nitrogens with zero attached hydrogens (tertiary/aromatic N) is 1. The van der Waals surface area contributed by atoms with Gasteiger partial charge in [0.25, 0.3) is 0 Å². The zero-order valence-electron chi connectivity index (χ0n) is 18.0. The molecule has 0 aromatic rings. The van der Waals surface area contributed by atoms with Crippen molar-refractivity contribution in [1.29, 1.82) is 0 Å². The molecule has 0 heterocycles. The van der Waals surface area contributed by atoms with Gasteiger partial charge in [0.2, 0.25) is 0 Å². The zero-order valence-corrected chi connectivity index (χ0v) is 18.8. The van der Waals surface area contributed by atoms with Crippen molar-refractivity contribution in [3.05, 3.63) is 0 Å². The average Bonchev–Trinajstić information content (AvgIpc) is 3.11. The van der Waals surface area contributed by atoms with Gasteiger partial charge in [-0.15, -0.1) is 0 Å². The molecule has 0 radical (unpaired) electrons. The Kier molecular flexibility index (Phi) is 10.7. The molecular weight excluding hydrogens is 362 g/mol. The monoisotopic (exact) mass is 403 g/mol. The maximum atomic E-state index is 11.4. The highest BCUT2D eigenvalue weighted by molar-refractivity contribution is 7.90. The van der Waals surface area contributed by atoms with Crippen molar-refractivity contribution >= 4 is 15.8 Å². The number of sulfone groups is 1. The molecule has 0 spiro atoms. The van der Waals surface area contributed by atoms with Crippen LogP contribution in [0.4, 0.5) is 0 Å². The Labute approximate surface area is 166 Å². The topological polar surface area (TPSA) is 79.8 Å². The second-order valence-corrected chi connectivity index (χ2v) is 10.8. The van der Waals surface area contributed by atoms with E-state index >= 15 is 0 Å². The molecule has 0 bridgehead atoms. The molecule has 1 fully saturated rings. The largest absolute Gasteiger partial charge is 0.378 e. The molecule has 1 aliphatic rings. The van der Waals surface area contributed by atoms with Crippen LogP contribution in [0, 0.1) is 11.3 Å². The normalized spacial score (nSPS) is 17.9. The van der Waals surface area contributed by atoms with Crippen molar-refractivity contribution in [2.75, 3.05) is 38.2 Å². The van der Waals surface area contributed by atoms with E-state index in [0.717, 1.165) is 32.1 Å². The van der Waals surface area contributed by atoms with Crippen LogP contribution in [0.1, 0.15) is 66.2 Å². The van der Waals surface area contributed by atoms with Gasteiger partial charge in [-0.2, -0.15) is 0 Å². The minimum Gasteiger partial charge on any atom is -0.378 e. The van der Waals surface area contributed by atoms with Crippen LogP contribution in [-0.2, 0) is 14.6 Å². The molecule has 6 nitrogen and oxygen atoms in total. The van der Waals surface area contributed by atoms with E-state index in [4.69, 9.17) is 4.74 Å². The van der Waals surface area contributed by atoms with Crippen molar-refractivity contribution in [3.8, 4) is 0 Å². The first-order chi connectivity index (χ1) is 12.7. The highest BCUT2D eigenvalue weighted by Crippen LogP contribution is 2.30.